The average molecular weight is 251 g/mol. The molecule has 1 saturated heterocycles. The standard InChI is InChI=1S/C14H21NO3/c15-8-7-13(5-6-13)11-16-12-1-3-14(4-2-12)17-9-10-18-14/h12H,1-7,9-11H2. The Morgan fingerprint density at radius 2 is 1.78 bits per heavy atom. The van der Waals surface area contributed by atoms with E-state index in [1.807, 2.05) is 0 Å². The summed E-state index contributed by atoms with van der Waals surface area (Å²) in [5.41, 5.74) is 0.199. The Morgan fingerprint density at radius 1 is 1.11 bits per heavy atom. The predicted octanol–water partition coefficient (Wildman–Crippen LogP) is 2.38. The fraction of sp³-hybridized carbons (Fsp3) is 0.929. The third-order valence-electron chi connectivity index (χ3n) is 4.54. The highest BCUT2D eigenvalue weighted by Crippen LogP contribution is 2.49. The van der Waals surface area contributed by atoms with Gasteiger partial charge < -0.3 is 14.2 Å². The molecule has 0 unspecified atom stereocenters. The molecule has 3 aliphatic rings. The van der Waals surface area contributed by atoms with E-state index in [4.69, 9.17) is 19.5 Å². The first kappa shape index (κ1) is 12.4. The van der Waals surface area contributed by atoms with E-state index in [9.17, 15) is 0 Å². The summed E-state index contributed by atoms with van der Waals surface area (Å²) >= 11 is 0. The Bertz CT molecular complexity index is 329. The molecule has 0 radical (unpaired) electrons. The van der Waals surface area contributed by atoms with Crippen molar-refractivity contribution in [1.29, 1.82) is 5.26 Å². The second-order valence-electron chi connectivity index (χ2n) is 5.95. The summed E-state index contributed by atoms with van der Waals surface area (Å²) in [6.07, 6.45) is 7.22. The summed E-state index contributed by atoms with van der Waals surface area (Å²) in [7, 11) is 0. The van der Waals surface area contributed by atoms with E-state index in [2.05, 4.69) is 6.07 Å². The highest BCUT2D eigenvalue weighted by molar-refractivity contribution is 4.99. The Kier molecular flexibility index (Phi) is 3.31. The minimum Gasteiger partial charge on any atom is -0.378 e. The first-order valence-corrected chi connectivity index (χ1v) is 7.02. The molecule has 1 heterocycles. The Labute approximate surface area is 108 Å². The molecule has 0 aromatic heterocycles. The maximum absolute atomic E-state index is 8.78. The quantitative estimate of drug-likeness (QED) is 0.769. The normalized spacial score (nSPS) is 29.3. The Hall–Kier alpha value is -0.630. The molecule has 100 valence electrons. The van der Waals surface area contributed by atoms with E-state index < -0.39 is 0 Å². The molecule has 0 atom stereocenters. The fourth-order valence-corrected chi connectivity index (χ4v) is 2.99. The molecular formula is C14H21NO3. The van der Waals surface area contributed by atoms with Gasteiger partial charge in [0, 0.05) is 24.7 Å². The van der Waals surface area contributed by atoms with Gasteiger partial charge in [-0.15, -0.1) is 0 Å². The minimum atomic E-state index is -0.288. The maximum Gasteiger partial charge on any atom is 0.168 e. The molecule has 3 fully saturated rings. The van der Waals surface area contributed by atoms with Gasteiger partial charge in [0.1, 0.15) is 0 Å². The number of hydrogen-bond acceptors (Lipinski definition) is 4. The van der Waals surface area contributed by atoms with Crippen molar-refractivity contribution in [3.63, 3.8) is 0 Å². The lowest BCUT2D eigenvalue weighted by Crippen LogP contribution is -2.38. The van der Waals surface area contributed by atoms with Crippen LogP contribution in [0.1, 0.15) is 44.9 Å². The van der Waals surface area contributed by atoms with Gasteiger partial charge in [-0.2, -0.15) is 5.26 Å². The molecule has 2 aliphatic carbocycles. The summed E-state index contributed by atoms with van der Waals surface area (Å²) in [4.78, 5) is 0. The number of ether oxygens (including phenoxy) is 3. The molecule has 4 heteroatoms. The van der Waals surface area contributed by atoms with Gasteiger partial charge in [0.15, 0.2) is 5.79 Å². The Balaban J connectivity index is 1.42. The molecule has 0 amide bonds. The zero-order chi connectivity index (χ0) is 12.5. The summed E-state index contributed by atoms with van der Waals surface area (Å²) in [6, 6.07) is 2.28. The summed E-state index contributed by atoms with van der Waals surface area (Å²) in [5.74, 6) is -0.288. The second-order valence-corrected chi connectivity index (χ2v) is 5.95. The largest absolute Gasteiger partial charge is 0.378 e. The molecule has 0 aromatic carbocycles. The molecule has 4 nitrogen and oxygen atoms in total. The van der Waals surface area contributed by atoms with E-state index in [1.165, 1.54) is 0 Å². The molecule has 1 spiro atoms. The first-order chi connectivity index (χ1) is 8.76. The summed E-state index contributed by atoms with van der Waals surface area (Å²) < 4.78 is 17.4. The first-order valence-electron chi connectivity index (χ1n) is 7.02. The molecule has 0 aromatic rings. The lowest BCUT2D eigenvalue weighted by atomic mass is 9.91. The van der Waals surface area contributed by atoms with Gasteiger partial charge in [-0.1, -0.05) is 0 Å². The van der Waals surface area contributed by atoms with Crippen LogP contribution in [0.3, 0.4) is 0 Å². The smallest absolute Gasteiger partial charge is 0.168 e. The molecule has 1 aliphatic heterocycles. The van der Waals surface area contributed by atoms with Crippen molar-refractivity contribution in [3.05, 3.63) is 0 Å². The van der Waals surface area contributed by atoms with Crippen molar-refractivity contribution in [3.8, 4) is 6.07 Å². The van der Waals surface area contributed by atoms with Crippen LogP contribution in [0.2, 0.25) is 0 Å². The molecule has 0 N–H and O–H groups in total. The lowest BCUT2D eigenvalue weighted by Gasteiger charge is -2.35. The highest BCUT2D eigenvalue weighted by atomic mass is 16.7. The van der Waals surface area contributed by atoms with Crippen LogP contribution < -0.4 is 0 Å². The third kappa shape index (κ3) is 2.54. The van der Waals surface area contributed by atoms with Crippen LogP contribution in [-0.2, 0) is 14.2 Å². The zero-order valence-corrected chi connectivity index (χ0v) is 10.8. The highest BCUT2D eigenvalue weighted by Gasteiger charge is 2.45. The minimum absolute atomic E-state index is 0.199. The van der Waals surface area contributed by atoms with E-state index in [-0.39, 0.29) is 11.2 Å². The van der Waals surface area contributed by atoms with Crippen LogP contribution >= 0.6 is 0 Å². The van der Waals surface area contributed by atoms with Crippen molar-refractivity contribution in [2.24, 2.45) is 5.41 Å². The number of hydrogen-bond donors (Lipinski definition) is 0. The van der Waals surface area contributed by atoms with Gasteiger partial charge in [-0.3, -0.25) is 0 Å². The second kappa shape index (κ2) is 4.80. The number of nitriles is 1. The number of nitrogens with zero attached hydrogens (tertiary/aromatic N) is 1. The topological polar surface area (TPSA) is 51.5 Å². The lowest BCUT2D eigenvalue weighted by molar-refractivity contribution is -0.192. The van der Waals surface area contributed by atoms with E-state index >= 15 is 0 Å². The summed E-state index contributed by atoms with van der Waals surface area (Å²) in [6.45, 7) is 2.23. The van der Waals surface area contributed by atoms with Crippen LogP contribution in [0, 0.1) is 16.7 Å². The van der Waals surface area contributed by atoms with Crippen molar-refractivity contribution in [2.75, 3.05) is 19.8 Å². The van der Waals surface area contributed by atoms with Crippen LogP contribution in [0.4, 0.5) is 0 Å². The van der Waals surface area contributed by atoms with Gasteiger partial charge in [0.2, 0.25) is 0 Å². The van der Waals surface area contributed by atoms with Gasteiger partial charge in [0.25, 0.3) is 0 Å². The molecule has 2 saturated carbocycles. The van der Waals surface area contributed by atoms with Crippen LogP contribution in [0.25, 0.3) is 0 Å². The molecular weight excluding hydrogens is 230 g/mol. The maximum atomic E-state index is 8.78. The monoisotopic (exact) mass is 251 g/mol. The van der Waals surface area contributed by atoms with Gasteiger partial charge in [-0.05, 0) is 25.7 Å². The Morgan fingerprint density at radius 3 is 2.33 bits per heavy atom. The van der Waals surface area contributed by atoms with Crippen LogP contribution in [0.5, 0.6) is 0 Å². The number of rotatable bonds is 4. The predicted molar refractivity (Wildman–Crippen MR) is 64.7 cm³/mol. The van der Waals surface area contributed by atoms with Crippen molar-refractivity contribution in [1.82, 2.24) is 0 Å². The van der Waals surface area contributed by atoms with Crippen molar-refractivity contribution in [2.45, 2.75) is 56.8 Å². The summed E-state index contributed by atoms with van der Waals surface area (Å²) in [5, 5.41) is 8.78. The molecule has 0 bridgehead atoms. The van der Waals surface area contributed by atoms with Gasteiger partial charge in [0.05, 0.1) is 32.0 Å². The van der Waals surface area contributed by atoms with E-state index in [0.717, 1.165) is 58.3 Å². The molecule has 3 rings (SSSR count). The zero-order valence-electron chi connectivity index (χ0n) is 10.8. The van der Waals surface area contributed by atoms with Gasteiger partial charge in [-0.25, -0.2) is 0 Å². The van der Waals surface area contributed by atoms with Crippen molar-refractivity contribution < 1.29 is 14.2 Å². The van der Waals surface area contributed by atoms with Crippen molar-refractivity contribution >= 4 is 0 Å². The van der Waals surface area contributed by atoms with E-state index in [0.29, 0.717) is 12.5 Å². The fourth-order valence-electron chi connectivity index (χ4n) is 2.99. The third-order valence-corrected chi connectivity index (χ3v) is 4.54. The average Bonchev–Trinajstić information content (AvgIpc) is 3.01. The van der Waals surface area contributed by atoms with Crippen LogP contribution in [-0.4, -0.2) is 31.7 Å². The van der Waals surface area contributed by atoms with Gasteiger partial charge >= 0.3 is 0 Å². The molecule has 18 heavy (non-hydrogen) atoms. The van der Waals surface area contributed by atoms with Crippen LogP contribution in [0.15, 0.2) is 0 Å². The van der Waals surface area contributed by atoms with E-state index in [1.54, 1.807) is 0 Å². The SMILES string of the molecule is N#CCC1(COC2CCC3(CC2)OCCO3)CC1.